The molecule has 0 atom stereocenters. The Balaban J connectivity index is 2.01. The van der Waals surface area contributed by atoms with Gasteiger partial charge in [0.1, 0.15) is 0 Å². The minimum absolute atomic E-state index is 1.00. The lowest BCUT2D eigenvalue weighted by molar-refractivity contribution is 0.859. The van der Waals surface area contributed by atoms with E-state index < -0.39 is 0 Å². The first-order chi connectivity index (χ1) is 9.40. The van der Waals surface area contributed by atoms with Crippen LogP contribution in [0.2, 0.25) is 0 Å². The van der Waals surface area contributed by atoms with Crippen molar-refractivity contribution in [3.05, 3.63) is 89.9 Å². The van der Waals surface area contributed by atoms with E-state index in [-0.39, 0.29) is 0 Å². The summed E-state index contributed by atoms with van der Waals surface area (Å²) in [4.78, 5) is 0. The van der Waals surface area contributed by atoms with Gasteiger partial charge < -0.3 is 0 Å². The summed E-state index contributed by atoms with van der Waals surface area (Å²) in [6.45, 7) is 2.23. The predicted molar refractivity (Wildman–Crippen MR) is 83.0 cm³/mol. The van der Waals surface area contributed by atoms with Crippen LogP contribution in [0.4, 0.5) is 0 Å². The van der Waals surface area contributed by atoms with E-state index in [9.17, 15) is 0 Å². The van der Waals surface area contributed by atoms with Crippen molar-refractivity contribution in [1.29, 1.82) is 0 Å². The van der Waals surface area contributed by atoms with Crippen LogP contribution in [0.25, 0.3) is 0 Å². The summed E-state index contributed by atoms with van der Waals surface area (Å²) in [5.74, 6) is 1.43. The van der Waals surface area contributed by atoms with E-state index in [0.717, 1.165) is 12.8 Å². The first kappa shape index (κ1) is 13.6. The molecule has 0 saturated heterocycles. The second-order valence-corrected chi connectivity index (χ2v) is 4.73. The van der Waals surface area contributed by atoms with E-state index in [1.165, 1.54) is 23.5 Å². The van der Waals surface area contributed by atoms with Crippen molar-refractivity contribution in [2.45, 2.75) is 26.2 Å². The minimum Gasteiger partial charge on any atom is -0.0832 e. The molecule has 0 spiro atoms. The summed E-state index contributed by atoms with van der Waals surface area (Å²) in [7, 11) is 0. The normalized spacial score (nSPS) is 11.3. The molecule has 0 saturated carbocycles. The van der Waals surface area contributed by atoms with Gasteiger partial charge in [-0.25, -0.2) is 0 Å². The van der Waals surface area contributed by atoms with Crippen LogP contribution in [0.3, 0.4) is 0 Å². The molecule has 2 rings (SSSR count). The summed E-state index contributed by atoms with van der Waals surface area (Å²) in [6.07, 6.45) is 7.87. The molecule has 0 amide bonds. The first-order valence-electron chi connectivity index (χ1n) is 7.02. The Labute approximate surface area is 116 Å². The fourth-order valence-corrected chi connectivity index (χ4v) is 2.20. The maximum Gasteiger partial charge on any atom is 0.0263 e. The van der Waals surface area contributed by atoms with Crippen molar-refractivity contribution in [3.8, 4) is 0 Å². The van der Waals surface area contributed by atoms with Crippen LogP contribution in [0.1, 0.15) is 30.9 Å². The topological polar surface area (TPSA) is 0 Å². The molecule has 1 radical (unpaired) electrons. The Hall–Kier alpha value is -1.82. The average molecular weight is 249 g/mol. The summed E-state index contributed by atoms with van der Waals surface area (Å²) in [5.41, 5.74) is 2.70. The number of allylic oxidation sites excluding steroid dienone is 2. The van der Waals surface area contributed by atoms with Crippen molar-refractivity contribution < 1.29 is 0 Å². The predicted octanol–water partition coefficient (Wildman–Crippen LogP) is 5.21. The van der Waals surface area contributed by atoms with Gasteiger partial charge >= 0.3 is 0 Å². The monoisotopic (exact) mass is 249 g/mol. The molecule has 0 aliphatic rings. The fourth-order valence-electron chi connectivity index (χ4n) is 2.20. The van der Waals surface area contributed by atoms with Gasteiger partial charge in [0.2, 0.25) is 0 Å². The summed E-state index contributed by atoms with van der Waals surface area (Å²) >= 11 is 0. The third-order valence-electron chi connectivity index (χ3n) is 3.18. The summed E-state index contributed by atoms with van der Waals surface area (Å²) in [5, 5.41) is 0. The number of benzene rings is 2. The third-order valence-corrected chi connectivity index (χ3v) is 3.18. The molecule has 0 bridgehead atoms. The van der Waals surface area contributed by atoms with Gasteiger partial charge in [-0.2, -0.15) is 0 Å². The molecule has 0 heterocycles. The van der Waals surface area contributed by atoms with Gasteiger partial charge in [-0.15, -0.1) is 0 Å². The van der Waals surface area contributed by atoms with E-state index in [1.807, 2.05) is 0 Å². The molecule has 0 heteroatoms. The van der Waals surface area contributed by atoms with Gasteiger partial charge in [-0.3, -0.25) is 0 Å². The quantitative estimate of drug-likeness (QED) is 0.659. The third kappa shape index (κ3) is 4.40. The zero-order chi connectivity index (χ0) is 13.3. The van der Waals surface area contributed by atoms with Crippen molar-refractivity contribution in [2.24, 2.45) is 0 Å². The zero-order valence-electron chi connectivity index (χ0n) is 11.5. The fraction of sp³-hybridized carbons (Fsp3) is 0.211. The highest BCUT2D eigenvalue weighted by Crippen LogP contribution is 2.21. The van der Waals surface area contributed by atoms with Crippen LogP contribution in [0, 0.1) is 5.92 Å². The Kier molecular flexibility index (Phi) is 5.43. The largest absolute Gasteiger partial charge is 0.0832 e. The van der Waals surface area contributed by atoms with E-state index in [2.05, 4.69) is 79.7 Å². The molecule has 0 aromatic heterocycles. The molecule has 97 valence electrons. The van der Waals surface area contributed by atoms with E-state index >= 15 is 0 Å². The van der Waals surface area contributed by atoms with E-state index in [4.69, 9.17) is 0 Å². The van der Waals surface area contributed by atoms with Gasteiger partial charge in [0, 0.05) is 5.92 Å². The molecular formula is C19H21. The van der Waals surface area contributed by atoms with E-state index in [0.29, 0.717) is 0 Å². The molecule has 2 aromatic carbocycles. The summed E-state index contributed by atoms with van der Waals surface area (Å²) < 4.78 is 0. The second-order valence-electron chi connectivity index (χ2n) is 4.73. The molecule has 0 nitrogen and oxygen atoms in total. The van der Waals surface area contributed by atoms with Crippen molar-refractivity contribution >= 4 is 0 Å². The maximum absolute atomic E-state index is 2.28. The minimum atomic E-state index is 1.00. The smallest absolute Gasteiger partial charge is 0.0263 e. The van der Waals surface area contributed by atoms with Crippen molar-refractivity contribution in [1.82, 2.24) is 0 Å². The lowest BCUT2D eigenvalue weighted by Crippen LogP contribution is -1.95. The van der Waals surface area contributed by atoms with Gasteiger partial charge in [-0.05, 0) is 24.0 Å². The van der Waals surface area contributed by atoms with Gasteiger partial charge in [0.15, 0.2) is 0 Å². The lowest BCUT2D eigenvalue weighted by Gasteiger charge is -2.11. The molecule has 0 N–H and O–H groups in total. The highest BCUT2D eigenvalue weighted by Gasteiger charge is 2.06. The van der Waals surface area contributed by atoms with Crippen molar-refractivity contribution in [3.63, 3.8) is 0 Å². The molecule has 0 aliphatic carbocycles. The van der Waals surface area contributed by atoms with Gasteiger partial charge in [0.25, 0.3) is 0 Å². The maximum atomic E-state index is 2.28. The highest BCUT2D eigenvalue weighted by molar-refractivity contribution is 5.37. The number of hydrogen-bond acceptors (Lipinski definition) is 0. The van der Waals surface area contributed by atoms with Crippen LogP contribution in [-0.4, -0.2) is 0 Å². The Morgan fingerprint density at radius 1 is 0.895 bits per heavy atom. The molecule has 19 heavy (non-hydrogen) atoms. The first-order valence-corrected chi connectivity index (χ1v) is 7.02. The van der Waals surface area contributed by atoms with Crippen molar-refractivity contribution in [2.75, 3.05) is 0 Å². The lowest BCUT2D eigenvalue weighted by atomic mass is 9.93. The Bertz CT molecular complexity index is 482. The summed E-state index contributed by atoms with van der Waals surface area (Å²) in [6, 6.07) is 21.3. The molecule has 0 unspecified atom stereocenters. The second kappa shape index (κ2) is 7.58. The zero-order valence-corrected chi connectivity index (χ0v) is 11.5. The van der Waals surface area contributed by atoms with Crippen LogP contribution in [0.5, 0.6) is 0 Å². The van der Waals surface area contributed by atoms with Gasteiger partial charge in [-0.1, -0.05) is 86.2 Å². The molecule has 0 fully saturated rings. The Morgan fingerprint density at radius 2 is 1.53 bits per heavy atom. The van der Waals surface area contributed by atoms with Crippen LogP contribution in [0.15, 0.2) is 72.8 Å². The number of rotatable bonds is 6. The van der Waals surface area contributed by atoms with Gasteiger partial charge in [0.05, 0.1) is 0 Å². The molecular weight excluding hydrogens is 228 g/mol. The number of hydrogen-bond donors (Lipinski definition) is 0. The standard InChI is InChI=1S/C19H21/c1-2-10-18(19-14-7-4-8-15-19)16-9-13-17-11-5-3-6-12-17/h3-9,11-12,14-16H,2,10,13H2,1H3. The van der Waals surface area contributed by atoms with Crippen LogP contribution in [-0.2, 0) is 6.42 Å². The highest BCUT2D eigenvalue weighted by atomic mass is 14.1. The van der Waals surface area contributed by atoms with E-state index in [1.54, 1.807) is 0 Å². The molecule has 0 aliphatic heterocycles. The van der Waals surface area contributed by atoms with Crippen LogP contribution < -0.4 is 0 Å². The average Bonchev–Trinajstić information content (AvgIpc) is 2.48. The van der Waals surface area contributed by atoms with Crippen LogP contribution >= 0.6 is 0 Å². The Morgan fingerprint density at radius 3 is 2.16 bits per heavy atom. The molecule has 2 aromatic rings. The SMILES string of the molecule is CCC[C](C=CCc1ccccc1)c1ccccc1.